The van der Waals surface area contributed by atoms with Crippen molar-refractivity contribution in [3.05, 3.63) is 29.8 Å². The molecule has 0 fully saturated rings. The van der Waals surface area contributed by atoms with Crippen molar-refractivity contribution in [2.24, 2.45) is 10.9 Å². The number of hydrogen-bond donors (Lipinski definition) is 2. The number of amidine groups is 1. The summed E-state index contributed by atoms with van der Waals surface area (Å²) < 4.78 is 5.09. The van der Waals surface area contributed by atoms with E-state index in [9.17, 15) is 4.79 Å². The van der Waals surface area contributed by atoms with Crippen LogP contribution in [-0.2, 0) is 11.2 Å². The molecule has 1 amide bonds. The number of rotatable bonds is 7. The lowest BCUT2D eigenvalue weighted by Gasteiger charge is -2.24. The summed E-state index contributed by atoms with van der Waals surface area (Å²) in [5.41, 5.74) is 6.54. The van der Waals surface area contributed by atoms with Crippen LogP contribution in [0.3, 0.4) is 0 Å². The third-order valence-electron chi connectivity index (χ3n) is 3.47. The first-order valence-electron chi connectivity index (χ1n) is 6.83. The molecule has 6 nitrogen and oxygen atoms in total. The Bertz CT molecular complexity index is 485. The molecular weight excluding hydrogens is 270 g/mol. The van der Waals surface area contributed by atoms with Gasteiger partial charge in [0, 0.05) is 25.9 Å². The molecule has 0 heterocycles. The lowest BCUT2D eigenvalue weighted by atomic mass is 10.1. The van der Waals surface area contributed by atoms with E-state index >= 15 is 0 Å². The molecule has 1 aromatic carbocycles. The van der Waals surface area contributed by atoms with E-state index in [1.165, 1.54) is 0 Å². The minimum absolute atomic E-state index is 0.0315. The molecule has 6 heteroatoms. The molecule has 0 radical (unpaired) electrons. The maximum atomic E-state index is 12.1. The molecule has 3 N–H and O–H groups in total. The van der Waals surface area contributed by atoms with Gasteiger partial charge in [-0.3, -0.25) is 4.79 Å². The van der Waals surface area contributed by atoms with Gasteiger partial charge in [-0.2, -0.15) is 0 Å². The first kappa shape index (κ1) is 16.8. The van der Waals surface area contributed by atoms with Crippen LogP contribution >= 0.6 is 0 Å². The molecule has 21 heavy (non-hydrogen) atoms. The number of aryl methyl sites for hydroxylation is 1. The fourth-order valence-electron chi connectivity index (χ4n) is 1.95. The third kappa shape index (κ3) is 5.33. The second-order valence-corrected chi connectivity index (χ2v) is 5.00. The fraction of sp³-hybridized carbons (Fsp3) is 0.467. The van der Waals surface area contributed by atoms with Crippen molar-refractivity contribution >= 4 is 11.7 Å². The summed E-state index contributed by atoms with van der Waals surface area (Å²) in [5.74, 6) is 0.955. The van der Waals surface area contributed by atoms with E-state index in [1.54, 1.807) is 19.1 Å². The van der Waals surface area contributed by atoms with Gasteiger partial charge in [0.15, 0.2) is 0 Å². The predicted octanol–water partition coefficient (Wildman–Crippen LogP) is 1.61. The Labute approximate surface area is 125 Å². The van der Waals surface area contributed by atoms with Crippen molar-refractivity contribution in [3.63, 3.8) is 0 Å². The molecule has 116 valence electrons. The highest BCUT2D eigenvalue weighted by molar-refractivity contribution is 5.82. The second kappa shape index (κ2) is 8.14. The molecule has 0 aliphatic carbocycles. The molecule has 1 rings (SSSR count). The highest BCUT2D eigenvalue weighted by atomic mass is 16.5. The van der Waals surface area contributed by atoms with E-state index in [4.69, 9.17) is 15.7 Å². The molecule has 0 aliphatic rings. The van der Waals surface area contributed by atoms with Gasteiger partial charge in [0.1, 0.15) is 11.6 Å². The first-order valence-corrected chi connectivity index (χ1v) is 6.83. The van der Waals surface area contributed by atoms with Gasteiger partial charge >= 0.3 is 0 Å². The number of nitrogens with zero attached hydrogens (tertiary/aromatic N) is 2. The summed E-state index contributed by atoms with van der Waals surface area (Å²) in [5, 5.41) is 11.5. The van der Waals surface area contributed by atoms with Crippen molar-refractivity contribution in [2.45, 2.75) is 32.2 Å². The zero-order valence-corrected chi connectivity index (χ0v) is 12.7. The third-order valence-corrected chi connectivity index (χ3v) is 3.47. The minimum atomic E-state index is -0.107. The molecule has 0 aliphatic heterocycles. The van der Waals surface area contributed by atoms with Crippen LogP contribution in [-0.4, -0.2) is 42.0 Å². The second-order valence-electron chi connectivity index (χ2n) is 5.00. The van der Waals surface area contributed by atoms with Gasteiger partial charge in [-0.25, -0.2) is 0 Å². The Kier molecular flexibility index (Phi) is 6.52. The fourth-order valence-corrected chi connectivity index (χ4v) is 1.95. The van der Waals surface area contributed by atoms with Gasteiger partial charge in [0.25, 0.3) is 0 Å². The standard InChI is InChI=1S/C15H23N3O3/c1-11(10-14(16)17-20)18(2)15(19)9-6-12-4-7-13(21-3)8-5-12/h4-5,7-8,11,20H,6,9-10H2,1-3H3,(H2,16,17). The topological polar surface area (TPSA) is 88.2 Å². The Hall–Kier alpha value is -2.24. The summed E-state index contributed by atoms with van der Waals surface area (Å²) in [7, 11) is 3.35. The van der Waals surface area contributed by atoms with Crippen LogP contribution in [0.2, 0.25) is 0 Å². The summed E-state index contributed by atoms with van der Waals surface area (Å²) in [6.45, 7) is 1.86. The van der Waals surface area contributed by atoms with E-state index < -0.39 is 0 Å². The van der Waals surface area contributed by atoms with Crippen LogP contribution < -0.4 is 10.5 Å². The van der Waals surface area contributed by atoms with Crippen molar-refractivity contribution in [3.8, 4) is 5.75 Å². The SMILES string of the molecule is COc1ccc(CCC(=O)N(C)C(C)CC(N)=NO)cc1. The number of ether oxygens (including phenoxy) is 1. The Morgan fingerprint density at radius 3 is 2.57 bits per heavy atom. The molecule has 1 unspecified atom stereocenters. The number of carbonyl (C=O) groups is 1. The lowest BCUT2D eigenvalue weighted by Crippen LogP contribution is -2.37. The monoisotopic (exact) mass is 293 g/mol. The van der Waals surface area contributed by atoms with Gasteiger partial charge in [-0.15, -0.1) is 0 Å². The molecule has 0 aromatic heterocycles. The maximum Gasteiger partial charge on any atom is 0.222 e. The average Bonchev–Trinajstić information content (AvgIpc) is 2.51. The number of benzene rings is 1. The summed E-state index contributed by atoms with van der Waals surface area (Å²) >= 11 is 0. The number of carbonyl (C=O) groups excluding carboxylic acids is 1. The van der Waals surface area contributed by atoms with Crippen LogP contribution in [0, 0.1) is 0 Å². The Balaban J connectivity index is 2.48. The van der Waals surface area contributed by atoms with E-state index in [1.807, 2.05) is 31.2 Å². The lowest BCUT2D eigenvalue weighted by molar-refractivity contribution is -0.131. The molecule has 0 saturated carbocycles. The highest BCUT2D eigenvalue weighted by Crippen LogP contribution is 2.13. The van der Waals surface area contributed by atoms with E-state index in [0.717, 1.165) is 11.3 Å². The Morgan fingerprint density at radius 1 is 1.43 bits per heavy atom. The number of methoxy groups -OCH3 is 1. The van der Waals surface area contributed by atoms with Crippen LogP contribution in [0.25, 0.3) is 0 Å². The van der Waals surface area contributed by atoms with Gasteiger partial charge in [-0.1, -0.05) is 17.3 Å². The zero-order valence-electron chi connectivity index (χ0n) is 12.7. The molecular formula is C15H23N3O3. The summed E-state index contributed by atoms with van der Waals surface area (Å²) in [6.07, 6.45) is 1.44. The molecule has 0 spiro atoms. The first-order chi connectivity index (χ1) is 9.97. The maximum absolute atomic E-state index is 12.1. The smallest absolute Gasteiger partial charge is 0.222 e. The predicted molar refractivity (Wildman–Crippen MR) is 81.6 cm³/mol. The van der Waals surface area contributed by atoms with Crippen LogP contribution in [0.5, 0.6) is 5.75 Å². The number of amides is 1. The largest absolute Gasteiger partial charge is 0.497 e. The average molecular weight is 293 g/mol. The molecule has 0 bridgehead atoms. The van der Waals surface area contributed by atoms with Crippen molar-refractivity contribution < 1.29 is 14.7 Å². The van der Waals surface area contributed by atoms with Crippen molar-refractivity contribution in [1.29, 1.82) is 0 Å². The van der Waals surface area contributed by atoms with E-state index in [0.29, 0.717) is 19.3 Å². The molecule has 1 aromatic rings. The number of nitrogens with two attached hydrogens (primary N) is 1. The van der Waals surface area contributed by atoms with Gasteiger partial charge < -0.3 is 20.6 Å². The van der Waals surface area contributed by atoms with E-state index in [-0.39, 0.29) is 17.8 Å². The quantitative estimate of drug-likeness (QED) is 0.346. The van der Waals surface area contributed by atoms with Crippen LogP contribution in [0.15, 0.2) is 29.4 Å². The van der Waals surface area contributed by atoms with Crippen LogP contribution in [0.1, 0.15) is 25.3 Å². The van der Waals surface area contributed by atoms with Crippen LogP contribution in [0.4, 0.5) is 0 Å². The Morgan fingerprint density at radius 2 is 2.05 bits per heavy atom. The van der Waals surface area contributed by atoms with Crippen molar-refractivity contribution in [1.82, 2.24) is 4.90 Å². The van der Waals surface area contributed by atoms with Gasteiger partial charge in [0.2, 0.25) is 5.91 Å². The number of oxime groups is 1. The molecule has 1 atom stereocenters. The minimum Gasteiger partial charge on any atom is -0.497 e. The van der Waals surface area contributed by atoms with Crippen molar-refractivity contribution in [2.75, 3.05) is 14.2 Å². The summed E-state index contributed by atoms with van der Waals surface area (Å²) in [6, 6.07) is 7.55. The van der Waals surface area contributed by atoms with Gasteiger partial charge in [-0.05, 0) is 31.0 Å². The molecule has 0 saturated heterocycles. The highest BCUT2D eigenvalue weighted by Gasteiger charge is 2.16. The normalized spacial score (nSPS) is 12.8. The summed E-state index contributed by atoms with van der Waals surface area (Å²) in [4.78, 5) is 13.7. The zero-order chi connectivity index (χ0) is 15.8. The van der Waals surface area contributed by atoms with E-state index in [2.05, 4.69) is 5.16 Å². The number of hydrogen-bond acceptors (Lipinski definition) is 4. The van der Waals surface area contributed by atoms with Gasteiger partial charge in [0.05, 0.1) is 7.11 Å².